The van der Waals surface area contributed by atoms with Gasteiger partial charge in [0.25, 0.3) is 5.91 Å². The highest BCUT2D eigenvalue weighted by molar-refractivity contribution is 6.02. The van der Waals surface area contributed by atoms with Crippen molar-refractivity contribution >= 4 is 18.1 Å². The van der Waals surface area contributed by atoms with E-state index in [0.717, 1.165) is 4.90 Å². The lowest BCUT2D eigenvalue weighted by molar-refractivity contribution is -0.124. The molecule has 1 fully saturated rings. The summed E-state index contributed by atoms with van der Waals surface area (Å²) in [6.45, 7) is -2.33. The highest BCUT2D eigenvalue weighted by atomic mass is 16.6. The van der Waals surface area contributed by atoms with Gasteiger partial charge in [-0.25, -0.2) is 9.69 Å². The number of amides is 2. The normalized spacial score (nSPS) is 18.8. The SMILES string of the molecule is [2H]C1([2H])OC(=O)N(C(=O)/C=C/c2cccc(Oc3ccccc3)c2)C1c1ccccc1. The molecule has 5 heteroatoms. The Bertz CT molecular complexity index is 1120. The summed E-state index contributed by atoms with van der Waals surface area (Å²) in [4.78, 5) is 25.9. The van der Waals surface area contributed by atoms with Crippen LogP contribution in [0.2, 0.25) is 0 Å². The maximum Gasteiger partial charge on any atom is 0.417 e. The van der Waals surface area contributed by atoms with Crippen molar-refractivity contribution in [3.05, 3.63) is 102 Å². The molecular formula is C24H19NO4. The van der Waals surface area contributed by atoms with Crippen LogP contribution in [0.1, 0.15) is 19.9 Å². The zero-order valence-corrected chi connectivity index (χ0v) is 15.4. The molecule has 5 nitrogen and oxygen atoms in total. The van der Waals surface area contributed by atoms with Crippen molar-refractivity contribution in [2.45, 2.75) is 6.04 Å². The first kappa shape index (κ1) is 16.1. The lowest BCUT2D eigenvalue weighted by Gasteiger charge is -2.18. The quantitative estimate of drug-likeness (QED) is 0.564. The number of carbonyl (C=O) groups is 2. The predicted octanol–water partition coefficient (Wildman–Crippen LogP) is 5.21. The Morgan fingerprint density at radius 1 is 1.00 bits per heavy atom. The van der Waals surface area contributed by atoms with Crippen molar-refractivity contribution in [1.29, 1.82) is 0 Å². The summed E-state index contributed by atoms with van der Waals surface area (Å²) in [7, 11) is 0. The first-order chi connectivity index (χ1) is 14.9. The molecule has 0 N–H and O–H groups in total. The van der Waals surface area contributed by atoms with Gasteiger partial charge in [0.2, 0.25) is 0 Å². The predicted molar refractivity (Wildman–Crippen MR) is 109 cm³/mol. The van der Waals surface area contributed by atoms with E-state index in [2.05, 4.69) is 0 Å². The van der Waals surface area contributed by atoms with Gasteiger partial charge in [-0.15, -0.1) is 0 Å². The third kappa shape index (κ3) is 4.35. The molecule has 0 bridgehead atoms. The van der Waals surface area contributed by atoms with Gasteiger partial charge >= 0.3 is 6.09 Å². The Kier molecular flexibility index (Phi) is 4.69. The molecule has 0 saturated carbocycles. The minimum atomic E-state index is -2.33. The molecule has 1 saturated heterocycles. The summed E-state index contributed by atoms with van der Waals surface area (Å²) in [5, 5.41) is 0. The average molecular weight is 387 g/mol. The van der Waals surface area contributed by atoms with Crippen LogP contribution in [0.15, 0.2) is 91.0 Å². The van der Waals surface area contributed by atoms with E-state index in [0.29, 0.717) is 22.6 Å². The summed E-state index contributed by atoms with van der Waals surface area (Å²) in [5.41, 5.74) is 1.16. The Hall–Kier alpha value is -3.86. The van der Waals surface area contributed by atoms with E-state index in [9.17, 15) is 9.59 Å². The van der Waals surface area contributed by atoms with Gasteiger partial charge in [0.05, 0.1) is 2.74 Å². The molecule has 1 aliphatic rings. The third-order valence-corrected chi connectivity index (χ3v) is 4.32. The molecule has 1 unspecified atom stereocenters. The molecule has 29 heavy (non-hydrogen) atoms. The number of benzene rings is 3. The van der Waals surface area contributed by atoms with Crippen LogP contribution < -0.4 is 4.74 Å². The van der Waals surface area contributed by atoms with E-state index in [1.807, 2.05) is 30.3 Å². The molecule has 1 aliphatic heterocycles. The summed E-state index contributed by atoms with van der Waals surface area (Å²) in [5.74, 6) is 0.613. The van der Waals surface area contributed by atoms with Crippen LogP contribution in [0.5, 0.6) is 11.5 Å². The van der Waals surface area contributed by atoms with Crippen LogP contribution in [0, 0.1) is 0 Å². The maximum atomic E-state index is 12.8. The van der Waals surface area contributed by atoms with Gasteiger partial charge in [-0.05, 0) is 41.5 Å². The monoisotopic (exact) mass is 387 g/mol. The van der Waals surface area contributed by atoms with Crippen molar-refractivity contribution in [3.8, 4) is 11.5 Å². The van der Waals surface area contributed by atoms with Gasteiger partial charge in [0, 0.05) is 6.08 Å². The van der Waals surface area contributed by atoms with Gasteiger partial charge < -0.3 is 9.47 Å². The molecule has 1 atom stereocenters. The van der Waals surface area contributed by atoms with Gasteiger partial charge in [-0.2, -0.15) is 0 Å². The maximum absolute atomic E-state index is 12.8. The zero-order valence-electron chi connectivity index (χ0n) is 17.4. The fourth-order valence-corrected chi connectivity index (χ4v) is 2.94. The van der Waals surface area contributed by atoms with Crippen LogP contribution in [0.4, 0.5) is 4.79 Å². The number of hydrogen-bond donors (Lipinski definition) is 0. The summed E-state index contributed by atoms with van der Waals surface area (Å²) >= 11 is 0. The minimum absolute atomic E-state index is 0.471. The standard InChI is InChI=1S/C24H19NO4/c26-23(25-22(17-28-24(25)27)19-9-3-1-4-10-19)15-14-18-8-7-13-21(16-18)29-20-11-5-2-6-12-20/h1-16,22H,17H2/b15-14+/i17D2. The topological polar surface area (TPSA) is 55.8 Å². The molecule has 2 amide bonds. The number of para-hydroxylation sites is 1. The van der Waals surface area contributed by atoms with E-state index in [1.165, 1.54) is 6.08 Å². The van der Waals surface area contributed by atoms with Gasteiger partial charge in [0.1, 0.15) is 24.1 Å². The van der Waals surface area contributed by atoms with E-state index >= 15 is 0 Å². The van der Waals surface area contributed by atoms with Crippen molar-refractivity contribution in [2.24, 2.45) is 0 Å². The fraction of sp³-hybridized carbons (Fsp3) is 0.0833. The number of cyclic esters (lactones) is 1. The second kappa shape index (κ2) is 8.44. The van der Waals surface area contributed by atoms with Gasteiger partial charge in [-0.1, -0.05) is 60.7 Å². The van der Waals surface area contributed by atoms with E-state index in [4.69, 9.17) is 12.2 Å². The van der Waals surface area contributed by atoms with Crippen LogP contribution >= 0.6 is 0 Å². The molecule has 0 aromatic heterocycles. The number of hydrogen-bond acceptors (Lipinski definition) is 4. The van der Waals surface area contributed by atoms with Crippen LogP contribution in [0.25, 0.3) is 6.08 Å². The van der Waals surface area contributed by atoms with E-state index in [-0.39, 0.29) is 0 Å². The average Bonchev–Trinajstić information content (AvgIpc) is 3.02. The van der Waals surface area contributed by atoms with Crippen molar-refractivity contribution in [1.82, 2.24) is 4.90 Å². The lowest BCUT2D eigenvalue weighted by atomic mass is 10.1. The third-order valence-electron chi connectivity index (χ3n) is 4.32. The first-order valence-corrected chi connectivity index (χ1v) is 9.06. The smallest absolute Gasteiger partial charge is 0.417 e. The Labute approximate surface area is 171 Å². The lowest BCUT2D eigenvalue weighted by Crippen LogP contribution is -2.32. The van der Waals surface area contributed by atoms with E-state index < -0.39 is 24.6 Å². The largest absolute Gasteiger partial charge is 0.457 e. The molecule has 3 aromatic carbocycles. The van der Waals surface area contributed by atoms with Crippen LogP contribution in [-0.4, -0.2) is 23.5 Å². The minimum Gasteiger partial charge on any atom is -0.457 e. The second-order valence-electron chi connectivity index (χ2n) is 6.33. The van der Waals surface area contributed by atoms with E-state index in [1.54, 1.807) is 60.7 Å². The summed E-state index contributed by atoms with van der Waals surface area (Å²) in [6, 6.07) is 23.8. The molecule has 4 rings (SSSR count). The molecule has 0 spiro atoms. The number of carbonyl (C=O) groups excluding carboxylic acids is 2. The van der Waals surface area contributed by atoms with Crippen LogP contribution in [-0.2, 0) is 9.53 Å². The number of rotatable bonds is 5. The highest BCUT2D eigenvalue weighted by Gasteiger charge is 2.37. The van der Waals surface area contributed by atoms with Gasteiger partial charge in [0.15, 0.2) is 0 Å². The Morgan fingerprint density at radius 2 is 1.69 bits per heavy atom. The number of ether oxygens (including phenoxy) is 2. The molecule has 0 radical (unpaired) electrons. The molecular weight excluding hydrogens is 366 g/mol. The zero-order chi connectivity index (χ0) is 21.8. The fourth-order valence-electron chi connectivity index (χ4n) is 2.94. The molecule has 144 valence electrons. The number of nitrogens with zero attached hydrogens (tertiary/aromatic N) is 1. The Morgan fingerprint density at radius 3 is 2.45 bits per heavy atom. The summed E-state index contributed by atoms with van der Waals surface area (Å²) < 4.78 is 26.7. The first-order valence-electron chi connectivity index (χ1n) is 10.1. The second-order valence-corrected chi connectivity index (χ2v) is 6.33. The van der Waals surface area contributed by atoms with Crippen LogP contribution in [0.3, 0.4) is 0 Å². The van der Waals surface area contributed by atoms with Gasteiger partial charge in [-0.3, -0.25) is 4.79 Å². The van der Waals surface area contributed by atoms with Crippen molar-refractivity contribution in [2.75, 3.05) is 6.56 Å². The molecule has 1 heterocycles. The van der Waals surface area contributed by atoms with Crippen molar-refractivity contribution in [3.63, 3.8) is 0 Å². The highest BCUT2D eigenvalue weighted by Crippen LogP contribution is 2.28. The Balaban J connectivity index is 1.54. The molecule has 0 aliphatic carbocycles. The molecule has 3 aromatic rings. The van der Waals surface area contributed by atoms with Crippen molar-refractivity contribution < 1.29 is 21.8 Å². The number of imide groups is 1. The summed E-state index contributed by atoms with van der Waals surface area (Å²) in [6.07, 6.45) is 1.75.